The average molecular weight is 428 g/mol. The summed E-state index contributed by atoms with van der Waals surface area (Å²) in [5.41, 5.74) is 2.31. The van der Waals surface area contributed by atoms with Crippen molar-refractivity contribution in [3.63, 3.8) is 0 Å². The number of benzene rings is 3. The van der Waals surface area contributed by atoms with Gasteiger partial charge in [-0.05, 0) is 6.07 Å². The molecular formula is C26H20O6. The van der Waals surface area contributed by atoms with E-state index in [0.29, 0.717) is 39.5 Å². The van der Waals surface area contributed by atoms with Crippen molar-refractivity contribution in [3.05, 3.63) is 88.1 Å². The normalized spacial score (nSPS) is 15.2. The van der Waals surface area contributed by atoms with Crippen molar-refractivity contribution in [1.82, 2.24) is 0 Å². The fraction of sp³-hybridized carbons (Fsp3) is 0.154. The van der Waals surface area contributed by atoms with Gasteiger partial charge in [-0.1, -0.05) is 48.5 Å². The highest BCUT2D eigenvalue weighted by atomic mass is 16.5. The van der Waals surface area contributed by atoms with Gasteiger partial charge in [0.25, 0.3) is 0 Å². The lowest BCUT2D eigenvalue weighted by atomic mass is 9.84. The molecule has 6 nitrogen and oxygen atoms in total. The molecule has 6 heteroatoms. The maximum Gasteiger partial charge on any atom is 0.312 e. The van der Waals surface area contributed by atoms with Crippen LogP contribution in [0.1, 0.15) is 23.5 Å². The van der Waals surface area contributed by atoms with Gasteiger partial charge in [0.1, 0.15) is 34.0 Å². The second kappa shape index (κ2) is 7.89. The molecule has 4 aromatic rings. The molecule has 0 saturated heterocycles. The third-order valence-corrected chi connectivity index (χ3v) is 5.70. The Bertz CT molecular complexity index is 1390. The molecule has 0 bridgehead atoms. The predicted octanol–water partition coefficient (Wildman–Crippen LogP) is 4.92. The van der Waals surface area contributed by atoms with Crippen molar-refractivity contribution in [2.45, 2.75) is 12.3 Å². The first-order chi connectivity index (χ1) is 15.6. The van der Waals surface area contributed by atoms with E-state index in [1.165, 1.54) is 13.2 Å². The van der Waals surface area contributed by atoms with Crippen molar-refractivity contribution in [2.24, 2.45) is 0 Å². The fourth-order valence-electron chi connectivity index (χ4n) is 4.27. The number of ether oxygens (including phenoxy) is 3. The standard InChI is InChI=1S/C26H20O6/c1-29-19-11-7-6-10-16(19)17-12-23(28)31-22-14-21(30-2)25-18(27)13-20(32-26(25)24(17)22)15-8-4-3-5-9-15/h3-11,13-14,17H,12H2,1-2H3/t17-/m0/s1. The minimum Gasteiger partial charge on any atom is -0.496 e. The molecule has 1 aliphatic rings. The summed E-state index contributed by atoms with van der Waals surface area (Å²) in [6.45, 7) is 0. The Morgan fingerprint density at radius 1 is 0.875 bits per heavy atom. The third kappa shape index (κ3) is 3.21. The maximum atomic E-state index is 13.2. The number of rotatable bonds is 4. The summed E-state index contributed by atoms with van der Waals surface area (Å²) in [5.74, 6) is 0.884. The highest BCUT2D eigenvalue weighted by molar-refractivity contribution is 5.93. The van der Waals surface area contributed by atoms with Crippen molar-refractivity contribution >= 4 is 16.9 Å². The molecule has 0 spiro atoms. The summed E-state index contributed by atoms with van der Waals surface area (Å²) in [6.07, 6.45) is 0.0913. The van der Waals surface area contributed by atoms with Gasteiger partial charge in [-0.25, -0.2) is 0 Å². The van der Waals surface area contributed by atoms with Crippen LogP contribution < -0.4 is 19.6 Å². The molecule has 160 valence electrons. The van der Waals surface area contributed by atoms with E-state index in [-0.39, 0.29) is 17.8 Å². The Balaban J connectivity index is 1.86. The van der Waals surface area contributed by atoms with Gasteiger partial charge in [-0.2, -0.15) is 0 Å². The zero-order valence-corrected chi connectivity index (χ0v) is 17.6. The van der Waals surface area contributed by atoms with Gasteiger partial charge in [0.2, 0.25) is 0 Å². The second-order valence-corrected chi connectivity index (χ2v) is 7.51. The van der Waals surface area contributed by atoms with Crippen LogP contribution >= 0.6 is 0 Å². The quantitative estimate of drug-likeness (QED) is 0.339. The topological polar surface area (TPSA) is 75.0 Å². The first-order valence-electron chi connectivity index (χ1n) is 10.2. The van der Waals surface area contributed by atoms with E-state index in [2.05, 4.69) is 0 Å². The van der Waals surface area contributed by atoms with Gasteiger partial charge in [-0.15, -0.1) is 0 Å². The zero-order valence-electron chi connectivity index (χ0n) is 17.6. The van der Waals surface area contributed by atoms with Gasteiger partial charge >= 0.3 is 5.97 Å². The van der Waals surface area contributed by atoms with Crippen LogP contribution in [-0.4, -0.2) is 20.2 Å². The smallest absolute Gasteiger partial charge is 0.312 e. The molecular weight excluding hydrogens is 408 g/mol. The van der Waals surface area contributed by atoms with Gasteiger partial charge in [-0.3, -0.25) is 9.59 Å². The molecule has 1 aliphatic heterocycles. The Hall–Kier alpha value is -4.06. The van der Waals surface area contributed by atoms with E-state index >= 15 is 0 Å². The van der Waals surface area contributed by atoms with Crippen LogP contribution in [0.5, 0.6) is 17.2 Å². The number of para-hydroxylation sites is 1. The van der Waals surface area contributed by atoms with Crippen LogP contribution in [0.25, 0.3) is 22.3 Å². The first kappa shape index (κ1) is 19.9. The molecule has 1 atom stereocenters. The fourth-order valence-corrected chi connectivity index (χ4v) is 4.27. The Labute approximate surface area is 184 Å². The largest absolute Gasteiger partial charge is 0.496 e. The lowest BCUT2D eigenvalue weighted by Gasteiger charge is -2.27. The summed E-state index contributed by atoms with van der Waals surface area (Å²) < 4.78 is 22.9. The van der Waals surface area contributed by atoms with E-state index in [1.807, 2.05) is 54.6 Å². The molecule has 2 heterocycles. The SMILES string of the molecule is COc1ccccc1[C@@H]1CC(=O)Oc2cc(OC)c3c(=O)cc(-c4ccccc4)oc3c21. The van der Waals surface area contributed by atoms with Crippen molar-refractivity contribution in [2.75, 3.05) is 14.2 Å². The number of hydrogen-bond acceptors (Lipinski definition) is 6. The van der Waals surface area contributed by atoms with Gasteiger partial charge in [0.05, 0.1) is 20.6 Å². The summed E-state index contributed by atoms with van der Waals surface area (Å²) in [5, 5.41) is 0.309. The van der Waals surface area contributed by atoms with Crippen LogP contribution in [-0.2, 0) is 4.79 Å². The Kier molecular flexibility index (Phi) is 4.90. The number of carbonyl (C=O) groups is 1. The Morgan fingerprint density at radius 2 is 1.59 bits per heavy atom. The van der Waals surface area contributed by atoms with Crippen molar-refractivity contribution < 1.29 is 23.4 Å². The molecule has 5 rings (SSSR count). The molecule has 0 amide bonds. The first-order valence-corrected chi connectivity index (χ1v) is 10.2. The van der Waals surface area contributed by atoms with Gasteiger partial charge in [0, 0.05) is 34.7 Å². The zero-order chi connectivity index (χ0) is 22.2. The summed E-state index contributed by atoms with van der Waals surface area (Å²) in [6, 6.07) is 19.9. The van der Waals surface area contributed by atoms with Crippen LogP contribution in [0.4, 0.5) is 0 Å². The molecule has 32 heavy (non-hydrogen) atoms. The van der Waals surface area contributed by atoms with E-state index in [0.717, 1.165) is 11.1 Å². The minimum absolute atomic E-state index is 0.0913. The number of hydrogen-bond donors (Lipinski definition) is 0. The molecule has 0 unspecified atom stereocenters. The number of methoxy groups -OCH3 is 2. The minimum atomic E-state index is -0.412. The molecule has 3 aromatic carbocycles. The van der Waals surface area contributed by atoms with Crippen LogP contribution in [0.15, 0.2) is 75.9 Å². The van der Waals surface area contributed by atoms with Crippen molar-refractivity contribution in [3.8, 4) is 28.6 Å². The molecule has 1 aromatic heterocycles. The van der Waals surface area contributed by atoms with E-state index < -0.39 is 5.92 Å². The van der Waals surface area contributed by atoms with Crippen LogP contribution in [0.2, 0.25) is 0 Å². The molecule has 0 aliphatic carbocycles. The molecule has 0 radical (unpaired) electrons. The lowest BCUT2D eigenvalue weighted by molar-refractivity contribution is -0.135. The van der Waals surface area contributed by atoms with Crippen LogP contribution in [0, 0.1) is 0 Å². The van der Waals surface area contributed by atoms with Gasteiger partial charge < -0.3 is 18.6 Å². The number of carbonyl (C=O) groups excluding carboxylic acids is 1. The summed E-state index contributed by atoms with van der Waals surface area (Å²) in [4.78, 5) is 25.7. The maximum absolute atomic E-state index is 13.2. The molecule has 0 fully saturated rings. The number of esters is 1. The Morgan fingerprint density at radius 3 is 2.34 bits per heavy atom. The van der Waals surface area contributed by atoms with E-state index in [9.17, 15) is 9.59 Å². The van der Waals surface area contributed by atoms with E-state index in [4.69, 9.17) is 18.6 Å². The highest BCUT2D eigenvalue weighted by Crippen LogP contribution is 2.47. The second-order valence-electron chi connectivity index (χ2n) is 7.51. The monoisotopic (exact) mass is 428 g/mol. The highest BCUT2D eigenvalue weighted by Gasteiger charge is 2.35. The number of fused-ring (bicyclic) bond motifs is 3. The lowest BCUT2D eigenvalue weighted by Crippen LogP contribution is -2.22. The average Bonchev–Trinajstić information content (AvgIpc) is 2.83. The van der Waals surface area contributed by atoms with Crippen LogP contribution in [0.3, 0.4) is 0 Å². The summed E-state index contributed by atoms with van der Waals surface area (Å²) >= 11 is 0. The predicted molar refractivity (Wildman–Crippen MR) is 120 cm³/mol. The molecule has 0 N–H and O–H groups in total. The van der Waals surface area contributed by atoms with Gasteiger partial charge in [0.15, 0.2) is 5.43 Å². The third-order valence-electron chi connectivity index (χ3n) is 5.70. The summed E-state index contributed by atoms with van der Waals surface area (Å²) in [7, 11) is 3.05. The van der Waals surface area contributed by atoms with E-state index in [1.54, 1.807) is 13.2 Å². The van der Waals surface area contributed by atoms with Crippen molar-refractivity contribution in [1.29, 1.82) is 0 Å². The molecule has 0 saturated carbocycles.